The molecule has 0 fully saturated rings. The summed E-state index contributed by atoms with van der Waals surface area (Å²) >= 11 is 0. The highest BCUT2D eigenvalue weighted by Crippen LogP contribution is 2.12. The van der Waals surface area contributed by atoms with E-state index in [1.807, 2.05) is 13.8 Å². The minimum absolute atomic E-state index is 0.279. The number of amides is 4. The van der Waals surface area contributed by atoms with Crippen LogP contribution < -0.4 is 27.4 Å². The SMILES string of the molecule is CCC(C)C(NC(=O)C(N)CC(N)=O)C(=O)NC(C(=O)NCC(=O)O)C(C)CC. The summed E-state index contributed by atoms with van der Waals surface area (Å²) in [7, 11) is 0. The van der Waals surface area contributed by atoms with Gasteiger partial charge in [-0.3, -0.25) is 24.0 Å². The predicted molar refractivity (Wildman–Crippen MR) is 105 cm³/mol. The molecule has 0 aliphatic heterocycles. The van der Waals surface area contributed by atoms with Gasteiger partial charge in [-0.15, -0.1) is 0 Å². The highest BCUT2D eigenvalue weighted by molar-refractivity contribution is 5.94. The highest BCUT2D eigenvalue weighted by atomic mass is 16.4. The number of nitrogens with two attached hydrogens (primary N) is 2. The van der Waals surface area contributed by atoms with E-state index in [1.165, 1.54) is 0 Å². The number of primary amides is 1. The normalized spacial score (nSPS) is 15.9. The van der Waals surface area contributed by atoms with Crippen LogP contribution in [0.3, 0.4) is 0 Å². The number of aliphatic carboxylic acids is 1. The standard InChI is InChI=1S/C18H33N5O6/c1-5-9(3)14(17(28)21-8-13(25)26)23-18(29)15(10(4)6-2)22-16(27)11(19)7-12(20)24/h9-11,14-15H,5-8,19H2,1-4H3,(H2,20,24)(H,21,28)(H,22,27)(H,23,29)(H,25,26). The second-order valence-corrected chi connectivity index (χ2v) is 7.13. The van der Waals surface area contributed by atoms with Gasteiger partial charge in [0.05, 0.1) is 12.5 Å². The maximum Gasteiger partial charge on any atom is 0.322 e. The number of carbonyl (C=O) groups excluding carboxylic acids is 4. The summed E-state index contributed by atoms with van der Waals surface area (Å²) in [4.78, 5) is 59.1. The third-order valence-corrected chi connectivity index (χ3v) is 4.76. The summed E-state index contributed by atoms with van der Waals surface area (Å²) < 4.78 is 0. The Hall–Kier alpha value is -2.69. The summed E-state index contributed by atoms with van der Waals surface area (Å²) in [5.74, 6) is -4.47. The van der Waals surface area contributed by atoms with Gasteiger partial charge in [0.2, 0.25) is 23.6 Å². The van der Waals surface area contributed by atoms with Crippen LogP contribution in [0.25, 0.3) is 0 Å². The molecule has 0 aromatic carbocycles. The molecule has 0 saturated carbocycles. The van der Waals surface area contributed by atoms with Gasteiger partial charge in [-0.25, -0.2) is 0 Å². The Balaban J connectivity index is 5.37. The minimum Gasteiger partial charge on any atom is -0.480 e. The number of carboxylic acids is 1. The fraction of sp³-hybridized carbons (Fsp3) is 0.722. The first-order chi connectivity index (χ1) is 13.4. The molecule has 11 nitrogen and oxygen atoms in total. The van der Waals surface area contributed by atoms with Crippen LogP contribution in [0.1, 0.15) is 47.0 Å². The van der Waals surface area contributed by atoms with E-state index < -0.39 is 54.3 Å². The van der Waals surface area contributed by atoms with Crippen molar-refractivity contribution < 1.29 is 29.1 Å². The zero-order valence-corrected chi connectivity index (χ0v) is 17.4. The smallest absolute Gasteiger partial charge is 0.322 e. The first kappa shape index (κ1) is 26.3. The van der Waals surface area contributed by atoms with Gasteiger partial charge >= 0.3 is 5.97 Å². The molecular formula is C18H33N5O6. The van der Waals surface area contributed by atoms with Crippen molar-refractivity contribution in [1.82, 2.24) is 16.0 Å². The van der Waals surface area contributed by atoms with Gasteiger partial charge in [0, 0.05) is 0 Å². The van der Waals surface area contributed by atoms with Gasteiger partial charge in [0.15, 0.2) is 0 Å². The van der Waals surface area contributed by atoms with Crippen molar-refractivity contribution in [2.75, 3.05) is 6.54 Å². The van der Waals surface area contributed by atoms with Gasteiger partial charge < -0.3 is 32.5 Å². The van der Waals surface area contributed by atoms with Gasteiger partial charge in [-0.1, -0.05) is 40.5 Å². The van der Waals surface area contributed by atoms with Crippen LogP contribution in [0, 0.1) is 11.8 Å². The Labute approximate surface area is 170 Å². The lowest BCUT2D eigenvalue weighted by atomic mass is 9.94. The van der Waals surface area contributed by atoms with E-state index in [0.717, 1.165) is 0 Å². The Morgan fingerprint density at radius 1 is 0.862 bits per heavy atom. The number of hydrogen-bond acceptors (Lipinski definition) is 6. The quantitative estimate of drug-likeness (QED) is 0.209. The molecule has 29 heavy (non-hydrogen) atoms. The summed E-state index contributed by atoms with van der Waals surface area (Å²) in [6.07, 6.45) is 0.728. The summed E-state index contributed by atoms with van der Waals surface area (Å²) in [5.41, 5.74) is 10.7. The molecule has 8 N–H and O–H groups in total. The molecule has 0 radical (unpaired) electrons. The first-order valence-electron chi connectivity index (χ1n) is 9.58. The summed E-state index contributed by atoms with van der Waals surface area (Å²) in [6, 6.07) is -3.17. The van der Waals surface area contributed by atoms with Crippen LogP contribution in [0.15, 0.2) is 0 Å². The molecule has 0 aliphatic carbocycles. The lowest BCUT2D eigenvalue weighted by Gasteiger charge is -2.29. The second kappa shape index (κ2) is 12.7. The fourth-order valence-corrected chi connectivity index (χ4v) is 2.49. The molecule has 5 unspecified atom stereocenters. The van der Waals surface area contributed by atoms with Crippen molar-refractivity contribution in [2.45, 2.75) is 65.1 Å². The van der Waals surface area contributed by atoms with E-state index in [-0.39, 0.29) is 18.3 Å². The van der Waals surface area contributed by atoms with E-state index in [2.05, 4.69) is 16.0 Å². The second-order valence-electron chi connectivity index (χ2n) is 7.13. The van der Waals surface area contributed by atoms with E-state index in [0.29, 0.717) is 12.8 Å². The van der Waals surface area contributed by atoms with Crippen LogP contribution in [-0.2, 0) is 24.0 Å². The van der Waals surface area contributed by atoms with Gasteiger partial charge in [0.1, 0.15) is 18.6 Å². The largest absolute Gasteiger partial charge is 0.480 e. The molecule has 0 heterocycles. The predicted octanol–water partition coefficient (Wildman–Crippen LogP) is -1.55. The van der Waals surface area contributed by atoms with E-state index in [4.69, 9.17) is 16.6 Å². The molecule has 11 heteroatoms. The Bertz CT molecular complexity index is 612. The topological polar surface area (TPSA) is 194 Å². The van der Waals surface area contributed by atoms with E-state index in [1.54, 1.807) is 13.8 Å². The van der Waals surface area contributed by atoms with Crippen LogP contribution >= 0.6 is 0 Å². The average molecular weight is 415 g/mol. The van der Waals surface area contributed by atoms with Crippen molar-refractivity contribution in [3.8, 4) is 0 Å². The fourth-order valence-electron chi connectivity index (χ4n) is 2.49. The minimum atomic E-state index is -1.21. The zero-order valence-electron chi connectivity index (χ0n) is 17.4. The Morgan fingerprint density at radius 2 is 1.31 bits per heavy atom. The monoisotopic (exact) mass is 415 g/mol. The molecule has 0 aliphatic rings. The maximum atomic E-state index is 12.8. The van der Waals surface area contributed by atoms with Crippen molar-refractivity contribution in [3.05, 3.63) is 0 Å². The molecule has 0 saturated heterocycles. The molecule has 0 aromatic heterocycles. The van der Waals surface area contributed by atoms with Crippen LogP contribution in [-0.4, -0.2) is 59.4 Å². The molecule has 4 amide bonds. The zero-order chi connectivity index (χ0) is 22.7. The summed E-state index contributed by atoms with van der Waals surface area (Å²) in [6.45, 7) is 6.56. The third kappa shape index (κ3) is 9.37. The number of rotatable bonds is 13. The van der Waals surface area contributed by atoms with Gasteiger partial charge in [-0.2, -0.15) is 0 Å². The first-order valence-corrected chi connectivity index (χ1v) is 9.58. The molecule has 5 atom stereocenters. The number of carbonyl (C=O) groups is 5. The van der Waals surface area contributed by atoms with Crippen molar-refractivity contribution in [1.29, 1.82) is 0 Å². The third-order valence-electron chi connectivity index (χ3n) is 4.76. The Morgan fingerprint density at radius 3 is 1.72 bits per heavy atom. The van der Waals surface area contributed by atoms with Gasteiger partial charge in [0.25, 0.3) is 0 Å². The maximum absolute atomic E-state index is 12.8. The highest BCUT2D eigenvalue weighted by Gasteiger charge is 2.33. The number of nitrogens with one attached hydrogen (secondary N) is 3. The molecule has 0 spiro atoms. The lowest BCUT2D eigenvalue weighted by Crippen LogP contribution is -2.59. The molecule has 0 aromatic rings. The van der Waals surface area contributed by atoms with Crippen molar-refractivity contribution >= 4 is 29.6 Å². The van der Waals surface area contributed by atoms with Crippen LogP contribution in [0.2, 0.25) is 0 Å². The van der Waals surface area contributed by atoms with Crippen LogP contribution in [0.5, 0.6) is 0 Å². The van der Waals surface area contributed by atoms with Gasteiger partial charge in [-0.05, 0) is 11.8 Å². The molecule has 0 rings (SSSR count). The molecular weight excluding hydrogens is 382 g/mol. The average Bonchev–Trinajstić information content (AvgIpc) is 2.65. The van der Waals surface area contributed by atoms with Crippen molar-refractivity contribution in [2.24, 2.45) is 23.3 Å². The number of hydrogen-bond donors (Lipinski definition) is 6. The summed E-state index contributed by atoms with van der Waals surface area (Å²) in [5, 5.41) is 16.1. The molecule has 0 bridgehead atoms. The van der Waals surface area contributed by atoms with E-state index in [9.17, 15) is 24.0 Å². The van der Waals surface area contributed by atoms with Crippen LogP contribution in [0.4, 0.5) is 0 Å². The lowest BCUT2D eigenvalue weighted by molar-refractivity contribution is -0.139. The Kier molecular flexibility index (Phi) is 11.5. The van der Waals surface area contributed by atoms with E-state index >= 15 is 0 Å². The van der Waals surface area contributed by atoms with Crippen molar-refractivity contribution in [3.63, 3.8) is 0 Å². The molecule has 166 valence electrons. The number of carboxylic acid groups (broad SMARTS) is 1.